The minimum atomic E-state index is -0.836. The van der Waals surface area contributed by atoms with Crippen molar-refractivity contribution >= 4 is 27.5 Å². The summed E-state index contributed by atoms with van der Waals surface area (Å²) in [5, 5.41) is 12.0. The van der Waals surface area contributed by atoms with Crippen LogP contribution in [0.4, 0.5) is 5.69 Å². The monoisotopic (exact) mass is 257 g/mol. The maximum atomic E-state index is 11.4. The van der Waals surface area contributed by atoms with E-state index >= 15 is 0 Å². The number of hydrogen-bond acceptors (Lipinski definition) is 4. The van der Waals surface area contributed by atoms with Crippen molar-refractivity contribution in [3.05, 3.63) is 61.2 Å². The quantitative estimate of drug-likeness (QED) is 0.296. The molecule has 7 heteroatoms. The molecule has 3 rings (SSSR count). The van der Waals surface area contributed by atoms with E-state index < -0.39 is 16.0 Å². The average molecular weight is 257 g/mol. The molecule has 0 fully saturated rings. The standard InChI is InChI=1S/C12H7N3O4/c16-11-12(17)14-10-7-4-2-1-3-6(7)9(15(18)19)5-8(10)13-11/h1-5H,(H,13,16)(H,14,17). The molecule has 0 unspecified atom stereocenters. The van der Waals surface area contributed by atoms with E-state index in [9.17, 15) is 19.7 Å². The summed E-state index contributed by atoms with van der Waals surface area (Å²) in [7, 11) is 0. The summed E-state index contributed by atoms with van der Waals surface area (Å²) in [5.41, 5.74) is -1.13. The van der Waals surface area contributed by atoms with Crippen molar-refractivity contribution in [2.75, 3.05) is 0 Å². The molecule has 0 atom stereocenters. The summed E-state index contributed by atoms with van der Waals surface area (Å²) in [5.74, 6) is 0. The molecule has 94 valence electrons. The van der Waals surface area contributed by atoms with Crippen molar-refractivity contribution < 1.29 is 4.92 Å². The second kappa shape index (κ2) is 3.77. The van der Waals surface area contributed by atoms with E-state index in [1.165, 1.54) is 6.07 Å². The molecule has 7 nitrogen and oxygen atoms in total. The third kappa shape index (κ3) is 1.60. The van der Waals surface area contributed by atoms with Crippen LogP contribution in [0, 0.1) is 10.1 Å². The van der Waals surface area contributed by atoms with Gasteiger partial charge in [-0.1, -0.05) is 18.2 Å². The van der Waals surface area contributed by atoms with Gasteiger partial charge in [0, 0.05) is 11.5 Å². The lowest BCUT2D eigenvalue weighted by Crippen LogP contribution is -2.29. The van der Waals surface area contributed by atoms with E-state index in [0.717, 1.165) is 0 Å². The maximum Gasteiger partial charge on any atom is 0.314 e. The van der Waals surface area contributed by atoms with E-state index in [1.54, 1.807) is 24.3 Å². The fourth-order valence-electron chi connectivity index (χ4n) is 2.09. The van der Waals surface area contributed by atoms with E-state index in [1.807, 2.05) is 0 Å². The topological polar surface area (TPSA) is 109 Å². The van der Waals surface area contributed by atoms with E-state index in [4.69, 9.17) is 0 Å². The second-order valence-electron chi connectivity index (χ2n) is 4.03. The van der Waals surface area contributed by atoms with Crippen LogP contribution in [0.2, 0.25) is 0 Å². The van der Waals surface area contributed by atoms with Crippen LogP contribution in [-0.2, 0) is 0 Å². The molecule has 2 aromatic carbocycles. The second-order valence-corrected chi connectivity index (χ2v) is 4.03. The van der Waals surface area contributed by atoms with Gasteiger partial charge in [0.15, 0.2) is 0 Å². The van der Waals surface area contributed by atoms with Crippen LogP contribution in [0.3, 0.4) is 0 Å². The van der Waals surface area contributed by atoms with Gasteiger partial charge >= 0.3 is 11.1 Å². The summed E-state index contributed by atoms with van der Waals surface area (Å²) in [6, 6.07) is 7.87. The Labute approximate surface area is 104 Å². The number of aromatic nitrogens is 2. The summed E-state index contributed by atoms with van der Waals surface area (Å²) in [6.45, 7) is 0. The largest absolute Gasteiger partial charge is 0.316 e. The Kier molecular flexibility index (Phi) is 2.21. The summed E-state index contributed by atoms with van der Waals surface area (Å²) in [6.07, 6.45) is 0. The fourth-order valence-corrected chi connectivity index (χ4v) is 2.09. The highest BCUT2D eigenvalue weighted by molar-refractivity contribution is 6.08. The minimum absolute atomic E-state index is 0.120. The maximum absolute atomic E-state index is 11.4. The van der Waals surface area contributed by atoms with Crippen molar-refractivity contribution in [2.24, 2.45) is 0 Å². The van der Waals surface area contributed by atoms with Crippen LogP contribution >= 0.6 is 0 Å². The number of rotatable bonds is 1. The van der Waals surface area contributed by atoms with Crippen LogP contribution in [-0.4, -0.2) is 14.9 Å². The lowest BCUT2D eigenvalue weighted by Gasteiger charge is -2.04. The van der Waals surface area contributed by atoms with Crippen LogP contribution in [0.5, 0.6) is 0 Å². The molecule has 0 radical (unpaired) electrons. The highest BCUT2D eigenvalue weighted by Crippen LogP contribution is 2.30. The van der Waals surface area contributed by atoms with Gasteiger partial charge in [0.2, 0.25) is 0 Å². The van der Waals surface area contributed by atoms with Gasteiger partial charge < -0.3 is 9.97 Å². The highest BCUT2D eigenvalue weighted by atomic mass is 16.6. The van der Waals surface area contributed by atoms with E-state index in [0.29, 0.717) is 16.3 Å². The van der Waals surface area contributed by atoms with Gasteiger partial charge in [0.05, 0.1) is 21.3 Å². The van der Waals surface area contributed by atoms with Crippen molar-refractivity contribution in [3.63, 3.8) is 0 Å². The lowest BCUT2D eigenvalue weighted by molar-refractivity contribution is -0.382. The summed E-state index contributed by atoms with van der Waals surface area (Å²) in [4.78, 5) is 38.0. The Morgan fingerprint density at radius 3 is 2.32 bits per heavy atom. The first-order chi connectivity index (χ1) is 9.08. The van der Waals surface area contributed by atoms with Gasteiger partial charge in [-0.25, -0.2) is 0 Å². The number of nitrogens with one attached hydrogen (secondary N) is 2. The molecule has 0 spiro atoms. The number of benzene rings is 2. The Morgan fingerprint density at radius 2 is 1.63 bits per heavy atom. The number of H-pyrrole nitrogens is 2. The average Bonchev–Trinajstić information content (AvgIpc) is 2.39. The Morgan fingerprint density at radius 1 is 1.00 bits per heavy atom. The molecule has 3 aromatic rings. The van der Waals surface area contributed by atoms with Crippen molar-refractivity contribution in [3.8, 4) is 0 Å². The molecular weight excluding hydrogens is 250 g/mol. The molecule has 0 aliphatic rings. The molecule has 0 saturated carbocycles. The molecule has 1 aromatic heterocycles. The predicted molar refractivity (Wildman–Crippen MR) is 69.3 cm³/mol. The van der Waals surface area contributed by atoms with Crippen molar-refractivity contribution in [1.29, 1.82) is 0 Å². The minimum Gasteiger partial charge on any atom is -0.316 e. The van der Waals surface area contributed by atoms with Crippen molar-refractivity contribution in [2.45, 2.75) is 0 Å². The van der Waals surface area contributed by atoms with Gasteiger partial charge in [0.1, 0.15) is 0 Å². The Bertz CT molecular complexity index is 939. The number of aromatic amines is 2. The Hall–Kier alpha value is -2.96. The van der Waals surface area contributed by atoms with E-state index in [2.05, 4.69) is 9.97 Å². The molecule has 0 aliphatic carbocycles. The fraction of sp³-hybridized carbons (Fsp3) is 0. The van der Waals surface area contributed by atoms with E-state index in [-0.39, 0.29) is 11.2 Å². The van der Waals surface area contributed by atoms with Crippen LogP contribution in [0.25, 0.3) is 21.8 Å². The first-order valence-electron chi connectivity index (χ1n) is 5.40. The molecule has 1 heterocycles. The molecular formula is C12H7N3O4. The molecule has 0 aliphatic heterocycles. The number of nitrogens with zero attached hydrogens (tertiary/aromatic N) is 1. The summed E-state index contributed by atoms with van der Waals surface area (Å²) >= 11 is 0. The number of fused-ring (bicyclic) bond motifs is 3. The molecule has 0 bridgehead atoms. The third-order valence-electron chi connectivity index (χ3n) is 2.91. The highest BCUT2D eigenvalue weighted by Gasteiger charge is 2.15. The normalized spacial score (nSPS) is 10.9. The zero-order valence-electron chi connectivity index (χ0n) is 9.47. The predicted octanol–water partition coefficient (Wildman–Crippen LogP) is 1.28. The first-order valence-corrected chi connectivity index (χ1v) is 5.40. The molecule has 19 heavy (non-hydrogen) atoms. The van der Waals surface area contributed by atoms with Crippen LogP contribution < -0.4 is 11.1 Å². The number of non-ortho nitro benzene ring substituents is 1. The zero-order chi connectivity index (χ0) is 13.6. The van der Waals surface area contributed by atoms with Gasteiger partial charge in [-0.3, -0.25) is 19.7 Å². The van der Waals surface area contributed by atoms with Crippen molar-refractivity contribution in [1.82, 2.24) is 9.97 Å². The van der Waals surface area contributed by atoms with Gasteiger partial charge in [-0.15, -0.1) is 0 Å². The molecule has 2 N–H and O–H groups in total. The van der Waals surface area contributed by atoms with Gasteiger partial charge in [-0.2, -0.15) is 0 Å². The summed E-state index contributed by atoms with van der Waals surface area (Å²) < 4.78 is 0. The number of nitro benzene ring substituents is 1. The van der Waals surface area contributed by atoms with Gasteiger partial charge in [0.25, 0.3) is 5.69 Å². The lowest BCUT2D eigenvalue weighted by atomic mass is 10.1. The number of nitro groups is 1. The zero-order valence-corrected chi connectivity index (χ0v) is 9.47. The van der Waals surface area contributed by atoms with Crippen LogP contribution in [0.1, 0.15) is 0 Å². The smallest absolute Gasteiger partial charge is 0.314 e. The SMILES string of the molecule is O=c1[nH]c2cc([N+](=O)[O-])c3ccccc3c2[nH]c1=O. The molecule has 0 saturated heterocycles. The third-order valence-corrected chi connectivity index (χ3v) is 2.91. The first kappa shape index (κ1) is 11.1. The van der Waals surface area contributed by atoms with Crippen LogP contribution in [0.15, 0.2) is 39.9 Å². The Balaban J connectivity index is 2.65. The molecule has 0 amide bonds. The number of hydrogen-bond donors (Lipinski definition) is 2. The van der Waals surface area contributed by atoms with Gasteiger partial charge in [-0.05, 0) is 6.07 Å².